The Balaban J connectivity index is 2.13. The summed E-state index contributed by atoms with van der Waals surface area (Å²) >= 11 is 0. The van der Waals surface area contributed by atoms with Crippen LogP contribution < -0.4 is 0 Å². The van der Waals surface area contributed by atoms with Gasteiger partial charge in [-0.1, -0.05) is 42.9 Å². The zero-order valence-corrected chi connectivity index (χ0v) is 14.5. The molecule has 0 amide bonds. The van der Waals surface area contributed by atoms with Crippen molar-refractivity contribution in [3.63, 3.8) is 0 Å². The first-order valence-corrected chi connectivity index (χ1v) is 8.65. The van der Waals surface area contributed by atoms with Crippen LogP contribution in [0.15, 0.2) is 36.0 Å². The van der Waals surface area contributed by atoms with Gasteiger partial charge in [-0.3, -0.25) is 0 Å². The van der Waals surface area contributed by atoms with E-state index in [0.717, 1.165) is 31.3 Å². The average molecular weight is 304 g/mol. The predicted octanol–water partition coefficient (Wildman–Crippen LogP) is 4.25. The number of fused-ring (bicyclic) bond motifs is 1. The summed E-state index contributed by atoms with van der Waals surface area (Å²) in [4.78, 5) is 0. The van der Waals surface area contributed by atoms with Gasteiger partial charge in [-0.25, -0.2) is 0 Å². The van der Waals surface area contributed by atoms with Gasteiger partial charge < -0.3 is 10.2 Å². The van der Waals surface area contributed by atoms with E-state index in [0.29, 0.717) is 5.92 Å². The molecular weight excluding hydrogens is 272 g/mol. The highest BCUT2D eigenvalue weighted by molar-refractivity contribution is 5.27. The molecule has 2 aliphatic rings. The zero-order chi connectivity index (χ0) is 16.5. The molecule has 0 aromatic carbocycles. The Labute approximate surface area is 135 Å². The van der Waals surface area contributed by atoms with Gasteiger partial charge in [0, 0.05) is 11.8 Å². The SMILES string of the molecule is C=C1CC[C@@H]([C@H](C)CCC=C(C)C)[C@@H](O)C2C1C=C[C@@]2(C)O. The van der Waals surface area contributed by atoms with E-state index in [2.05, 4.69) is 33.4 Å². The summed E-state index contributed by atoms with van der Waals surface area (Å²) in [6.45, 7) is 12.5. The van der Waals surface area contributed by atoms with E-state index in [1.807, 2.05) is 19.1 Å². The van der Waals surface area contributed by atoms with Crippen molar-refractivity contribution in [1.82, 2.24) is 0 Å². The molecule has 2 aliphatic carbocycles. The minimum absolute atomic E-state index is 0.125. The lowest BCUT2D eigenvalue weighted by molar-refractivity contribution is -0.0605. The van der Waals surface area contributed by atoms with Crippen LogP contribution in [0.2, 0.25) is 0 Å². The molecule has 0 saturated heterocycles. The van der Waals surface area contributed by atoms with Crippen molar-refractivity contribution in [2.75, 3.05) is 0 Å². The lowest BCUT2D eigenvalue weighted by atomic mass is 9.73. The Kier molecular flexibility index (Phi) is 5.34. The molecule has 0 bridgehead atoms. The van der Waals surface area contributed by atoms with Crippen LogP contribution in [-0.4, -0.2) is 21.9 Å². The molecule has 2 nitrogen and oxygen atoms in total. The molecule has 0 aromatic rings. The molecular formula is C20H32O2. The molecule has 0 heterocycles. The molecule has 0 aromatic heterocycles. The highest BCUT2D eigenvalue weighted by Gasteiger charge is 2.49. The largest absolute Gasteiger partial charge is 0.392 e. The second-order valence-corrected chi connectivity index (χ2v) is 7.82. The van der Waals surface area contributed by atoms with Crippen molar-refractivity contribution in [2.24, 2.45) is 23.7 Å². The molecule has 2 N–H and O–H groups in total. The van der Waals surface area contributed by atoms with E-state index in [-0.39, 0.29) is 17.8 Å². The molecule has 6 atom stereocenters. The van der Waals surface area contributed by atoms with Gasteiger partial charge in [0.25, 0.3) is 0 Å². The number of rotatable bonds is 4. The fourth-order valence-electron chi connectivity index (χ4n) is 4.27. The summed E-state index contributed by atoms with van der Waals surface area (Å²) in [5.41, 5.74) is 1.59. The lowest BCUT2D eigenvalue weighted by Gasteiger charge is -2.37. The van der Waals surface area contributed by atoms with Crippen LogP contribution in [0.3, 0.4) is 0 Å². The minimum atomic E-state index is -0.921. The maximum absolute atomic E-state index is 11.0. The number of aliphatic hydroxyl groups excluding tert-OH is 1. The Bertz CT molecular complexity index is 468. The fourth-order valence-corrected chi connectivity index (χ4v) is 4.27. The van der Waals surface area contributed by atoms with Crippen molar-refractivity contribution < 1.29 is 10.2 Å². The van der Waals surface area contributed by atoms with Gasteiger partial charge in [0.15, 0.2) is 0 Å². The minimum Gasteiger partial charge on any atom is -0.392 e. The molecule has 1 fully saturated rings. The third-order valence-electron chi connectivity index (χ3n) is 5.69. The Morgan fingerprint density at radius 1 is 1.50 bits per heavy atom. The summed E-state index contributed by atoms with van der Waals surface area (Å²) in [5, 5.41) is 21.6. The van der Waals surface area contributed by atoms with E-state index < -0.39 is 11.7 Å². The topological polar surface area (TPSA) is 40.5 Å². The average Bonchev–Trinajstić information content (AvgIpc) is 2.66. The van der Waals surface area contributed by atoms with Crippen LogP contribution in [-0.2, 0) is 0 Å². The standard InChI is InChI=1S/C20H32O2/c1-13(2)7-6-8-14(3)17-10-9-15(4)16-11-12-20(5,22)18(16)19(17)21/h7,11-12,14,16-19,21-22H,4,6,8-10H2,1-3,5H3/t14-,16?,17+,18?,19-,20-/m1/s1. The Morgan fingerprint density at radius 2 is 2.18 bits per heavy atom. The summed E-state index contributed by atoms with van der Waals surface area (Å²) in [5.74, 6) is 0.677. The maximum Gasteiger partial charge on any atom is 0.0861 e. The van der Waals surface area contributed by atoms with E-state index in [1.165, 1.54) is 5.57 Å². The van der Waals surface area contributed by atoms with Gasteiger partial charge in [0.1, 0.15) is 0 Å². The van der Waals surface area contributed by atoms with Gasteiger partial charge in [0.2, 0.25) is 0 Å². The van der Waals surface area contributed by atoms with Crippen LogP contribution in [0.1, 0.15) is 53.4 Å². The van der Waals surface area contributed by atoms with Crippen molar-refractivity contribution >= 4 is 0 Å². The van der Waals surface area contributed by atoms with Gasteiger partial charge in [0.05, 0.1) is 11.7 Å². The van der Waals surface area contributed by atoms with Crippen molar-refractivity contribution in [2.45, 2.75) is 65.1 Å². The number of allylic oxidation sites excluding steroid dienone is 4. The van der Waals surface area contributed by atoms with Crippen LogP contribution in [0.5, 0.6) is 0 Å². The molecule has 124 valence electrons. The summed E-state index contributed by atoms with van der Waals surface area (Å²) in [6, 6.07) is 0. The second-order valence-electron chi connectivity index (χ2n) is 7.82. The van der Waals surface area contributed by atoms with Crippen LogP contribution in [0.4, 0.5) is 0 Å². The molecule has 2 rings (SSSR count). The zero-order valence-electron chi connectivity index (χ0n) is 14.5. The third kappa shape index (κ3) is 3.55. The van der Waals surface area contributed by atoms with E-state index >= 15 is 0 Å². The van der Waals surface area contributed by atoms with Crippen LogP contribution in [0, 0.1) is 23.7 Å². The highest BCUT2D eigenvalue weighted by Crippen LogP contribution is 2.48. The molecule has 22 heavy (non-hydrogen) atoms. The van der Waals surface area contributed by atoms with Crippen molar-refractivity contribution in [3.8, 4) is 0 Å². The lowest BCUT2D eigenvalue weighted by Crippen LogP contribution is -2.44. The van der Waals surface area contributed by atoms with Crippen molar-refractivity contribution in [1.29, 1.82) is 0 Å². The summed E-state index contributed by atoms with van der Waals surface area (Å²) in [6.07, 6.45) is 9.80. The van der Waals surface area contributed by atoms with Crippen LogP contribution >= 0.6 is 0 Å². The maximum atomic E-state index is 11.0. The normalized spacial score (nSPS) is 39.3. The first-order chi connectivity index (χ1) is 10.2. The summed E-state index contributed by atoms with van der Waals surface area (Å²) < 4.78 is 0. The van der Waals surface area contributed by atoms with E-state index in [4.69, 9.17) is 0 Å². The molecule has 0 aliphatic heterocycles. The molecule has 0 radical (unpaired) electrons. The second kappa shape index (κ2) is 6.72. The van der Waals surface area contributed by atoms with Gasteiger partial charge in [-0.2, -0.15) is 0 Å². The predicted molar refractivity (Wildman–Crippen MR) is 92.4 cm³/mol. The first-order valence-electron chi connectivity index (χ1n) is 8.65. The quantitative estimate of drug-likeness (QED) is 0.762. The monoisotopic (exact) mass is 304 g/mol. The molecule has 1 saturated carbocycles. The first kappa shape index (κ1) is 17.5. The number of aliphatic hydroxyl groups is 2. The smallest absolute Gasteiger partial charge is 0.0861 e. The van der Waals surface area contributed by atoms with Gasteiger partial charge >= 0.3 is 0 Å². The number of hydrogen-bond acceptors (Lipinski definition) is 2. The highest BCUT2D eigenvalue weighted by atomic mass is 16.3. The Morgan fingerprint density at radius 3 is 2.82 bits per heavy atom. The molecule has 2 unspecified atom stereocenters. The fraction of sp³-hybridized carbons (Fsp3) is 0.700. The van der Waals surface area contributed by atoms with Crippen molar-refractivity contribution in [3.05, 3.63) is 36.0 Å². The Hall–Kier alpha value is -0.860. The third-order valence-corrected chi connectivity index (χ3v) is 5.69. The molecule has 0 spiro atoms. The van der Waals surface area contributed by atoms with E-state index in [1.54, 1.807) is 0 Å². The van der Waals surface area contributed by atoms with Crippen LogP contribution in [0.25, 0.3) is 0 Å². The molecule has 2 heteroatoms. The van der Waals surface area contributed by atoms with E-state index in [9.17, 15) is 10.2 Å². The number of hydrogen-bond donors (Lipinski definition) is 2. The van der Waals surface area contributed by atoms with Gasteiger partial charge in [-0.15, -0.1) is 0 Å². The summed E-state index contributed by atoms with van der Waals surface area (Å²) in [7, 11) is 0. The van der Waals surface area contributed by atoms with Gasteiger partial charge in [-0.05, 0) is 58.3 Å².